The largest absolute Gasteiger partial charge is 0.573 e. The van der Waals surface area contributed by atoms with Gasteiger partial charge in [0.2, 0.25) is 5.91 Å². The minimum Gasteiger partial charge on any atom is -0.406 e. The molecule has 0 radical (unpaired) electrons. The highest BCUT2D eigenvalue weighted by Crippen LogP contribution is 2.23. The lowest BCUT2D eigenvalue weighted by Gasteiger charge is -2.11. The molecule has 0 saturated heterocycles. The van der Waals surface area contributed by atoms with Gasteiger partial charge in [0.25, 0.3) is 5.91 Å². The number of carbonyl (C=O) groups is 2. The molecule has 224 valence electrons. The van der Waals surface area contributed by atoms with Crippen molar-refractivity contribution in [2.45, 2.75) is 44.7 Å². The summed E-state index contributed by atoms with van der Waals surface area (Å²) in [5.74, 6) is -1.37. The molecule has 11 nitrogen and oxygen atoms in total. The molecule has 0 fully saturated rings. The van der Waals surface area contributed by atoms with Gasteiger partial charge in [-0.15, -0.1) is 18.3 Å². The van der Waals surface area contributed by atoms with Crippen molar-refractivity contribution in [1.82, 2.24) is 19.7 Å². The number of aliphatic hydroxyl groups excluding tert-OH is 1. The number of hydrogen-bond donors (Lipinski definition) is 3. The van der Waals surface area contributed by atoms with Crippen molar-refractivity contribution in [2.75, 3.05) is 10.6 Å². The molecule has 14 heteroatoms. The highest BCUT2D eigenvalue weighted by molar-refractivity contribution is 5.93. The first-order valence-electron chi connectivity index (χ1n) is 13.1. The standard InChI is InChI=1S/C29H27F3N6O5/c30-29(31,32)43-22-11-6-7-19(17-22)18-25(39)33-24-13-12-21(36-37-24)10-4-5-15-38-16-14-23(35-28(38)42)34-27(41)26(40)20-8-2-1-3-9-20/h1-3,6-9,11-14,16-17,26,40H,4-5,10,15,18H2,(H,33,37,39)(H,34,35,41,42)/t26-/m1/s1. The van der Waals surface area contributed by atoms with Crippen molar-refractivity contribution in [3.8, 4) is 5.75 Å². The second-order valence-corrected chi connectivity index (χ2v) is 9.38. The number of nitrogens with one attached hydrogen (secondary N) is 2. The van der Waals surface area contributed by atoms with Gasteiger partial charge in [0, 0.05) is 12.7 Å². The molecule has 2 aromatic heterocycles. The van der Waals surface area contributed by atoms with Crippen LogP contribution < -0.4 is 21.1 Å². The summed E-state index contributed by atoms with van der Waals surface area (Å²) in [4.78, 5) is 40.8. The summed E-state index contributed by atoms with van der Waals surface area (Å²) in [6.45, 7) is 0.378. The lowest BCUT2D eigenvalue weighted by molar-refractivity contribution is -0.274. The Hall–Kier alpha value is -5.11. The van der Waals surface area contributed by atoms with Gasteiger partial charge in [0.05, 0.1) is 12.1 Å². The molecular weight excluding hydrogens is 569 g/mol. The lowest BCUT2D eigenvalue weighted by Crippen LogP contribution is -2.27. The number of aryl methyl sites for hydroxylation is 2. The van der Waals surface area contributed by atoms with Crippen molar-refractivity contribution in [1.29, 1.82) is 0 Å². The zero-order valence-corrected chi connectivity index (χ0v) is 22.6. The molecule has 3 N–H and O–H groups in total. The molecule has 4 aromatic rings. The van der Waals surface area contributed by atoms with E-state index in [9.17, 15) is 32.7 Å². The summed E-state index contributed by atoms with van der Waals surface area (Å²) < 4.78 is 42.5. The number of amides is 2. The molecule has 0 spiro atoms. The minimum atomic E-state index is -4.83. The smallest absolute Gasteiger partial charge is 0.406 e. The first-order chi connectivity index (χ1) is 20.6. The molecule has 2 heterocycles. The Morgan fingerprint density at radius 3 is 2.42 bits per heavy atom. The molecule has 0 unspecified atom stereocenters. The van der Waals surface area contributed by atoms with E-state index in [0.717, 1.165) is 12.1 Å². The first kappa shape index (κ1) is 30.8. The fourth-order valence-corrected chi connectivity index (χ4v) is 4.02. The molecule has 0 saturated carbocycles. The van der Waals surface area contributed by atoms with Crippen LogP contribution in [0.2, 0.25) is 0 Å². The molecule has 0 aliphatic heterocycles. The normalized spacial score (nSPS) is 11.9. The van der Waals surface area contributed by atoms with Crippen LogP contribution in [0.25, 0.3) is 0 Å². The van der Waals surface area contributed by atoms with Crippen LogP contribution in [-0.2, 0) is 29.0 Å². The summed E-state index contributed by atoms with van der Waals surface area (Å²) in [6, 6.07) is 18.3. The number of unbranched alkanes of at least 4 members (excludes halogenated alkanes) is 1. The summed E-state index contributed by atoms with van der Waals surface area (Å²) >= 11 is 0. The predicted octanol–water partition coefficient (Wildman–Crippen LogP) is 3.81. The average Bonchev–Trinajstić information content (AvgIpc) is 2.96. The molecule has 2 amide bonds. The number of ether oxygens (including phenoxy) is 1. The maximum atomic E-state index is 12.4. The zero-order chi connectivity index (χ0) is 30.8. The zero-order valence-electron chi connectivity index (χ0n) is 22.6. The van der Waals surface area contributed by atoms with E-state index in [1.807, 2.05) is 0 Å². The van der Waals surface area contributed by atoms with Crippen LogP contribution in [-0.4, -0.2) is 43.0 Å². The maximum Gasteiger partial charge on any atom is 0.573 e. The van der Waals surface area contributed by atoms with Gasteiger partial charge in [-0.05, 0) is 60.7 Å². The fourth-order valence-electron chi connectivity index (χ4n) is 4.02. The van der Waals surface area contributed by atoms with E-state index in [2.05, 4.69) is 30.6 Å². The topological polar surface area (TPSA) is 148 Å². The van der Waals surface area contributed by atoms with Gasteiger partial charge < -0.3 is 20.5 Å². The SMILES string of the molecule is O=C(Cc1cccc(OC(F)(F)F)c1)Nc1ccc(CCCCn2ccc(NC(=O)[C@H](O)c3ccccc3)nc2=O)nn1. The average molecular weight is 597 g/mol. The van der Waals surface area contributed by atoms with Gasteiger partial charge in [-0.2, -0.15) is 10.1 Å². The number of alkyl halides is 3. The fraction of sp³-hybridized carbons (Fsp3) is 0.241. The van der Waals surface area contributed by atoms with Crippen LogP contribution in [0.1, 0.15) is 35.8 Å². The van der Waals surface area contributed by atoms with Crippen molar-refractivity contribution >= 4 is 23.5 Å². The summed E-state index contributed by atoms with van der Waals surface area (Å²) in [5.41, 5.74) is 0.863. The summed E-state index contributed by atoms with van der Waals surface area (Å²) in [5, 5.41) is 23.2. The van der Waals surface area contributed by atoms with Gasteiger partial charge in [0.15, 0.2) is 11.9 Å². The Bertz CT molecular complexity index is 1600. The quantitative estimate of drug-likeness (QED) is 0.209. The Morgan fingerprint density at radius 1 is 0.930 bits per heavy atom. The predicted molar refractivity (Wildman–Crippen MR) is 149 cm³/mol. The number of halogens is 3. The second-order valence-electron chi connectivity index (χ2n) is 9.38. The molecule has 0 bridgehead atoms. The number of aromatic nitrogens is 4. The second kappa shape index (κ2) is 14.2. The Labute approximate surface area is 243 Å². The van der Waals surface area contributed by atoms with Gasteiger partial charge in [-0.25, -0.2) is 4.79 Å². The van der Waals surface area contributed by atoms with E-state index in [-0.39, 0.29) is 18.1 Å². The maximum absolute atomic E-state index is 12.4. The third-order valence-electron chi connectivity index (χ3n) is 6.05. The van der Waals surface area contributed by atoms with E-state index < -0.39 is 35.7 Å². The number of aliphatic hydroxyl groups is 1. The highest BCUT2D eigenvalue weighted by Gasteiger charge is 2.31. The molecule has 1 atom stereocenters. The minimum absolute atomic E-state index is 0.0349. The van der Waals surface area contributed by atoms with E-state index in [1.54, 1.807) is 42.5 Å². The highest BCUT2D eigenvalue weighted by atomic mass is 19.4. The number of benzene rings is 2. The Morgan fingerprint density at radius 2 is 1.72 bits per heavy atom. The first-order valence-corrected chi connectivity index (χ1v) is 13.1. The lowest BCUT2D eigenvalue weighted by atomic mass is 10.1. The Kier molecular flexibility index (Phi) is 10.2. The van der Waals surface area contributed by atoms with Crippen LogP contribution in [0.15, 0.2) is 83.8 Å². The van der Waals surface area contributed by atoms with Gasteiger partial charge >= 0.3 is 12.1 Å². The monoisotopic (exact) mass is 596 g/mol. The van der Waals surface area contributed by atoms with E-state index in [1.165, 1.54) is 29.0 Å². The number of hydrogen-bond acceptors (Lipinski definition) is 8. The van der Waals surface area contributed by atoms with Gasteiger partial charge in [-0.3, -0.25) is 14.2 Å². The number of nitrogens with zero attached hydrogens (tertiary/aromatic N) is 4. The molecule has 4 rings (SSSR count). The van der Waals surface area contributed by atoms with E-state index in [0.29, 0.717) is 42.6 Å². The third kappa shape index (κ3) is 9.74. The van der Waals surface area contributed by atoms with Crippen molar-refractivity contribution in [3.63, 3.8) is 0 Å². The van der Waals surface area contributed by atoms with Crippen LogP contribution in [0.5, 0.6) is 5.75 Å². The van der Waals surface area contributed by atoms with Gasteiger partial charge in [-0.1, -0.05) is 42.5 Å². The van der Waals surface area contributed by atoms with E-state index >= 15 is 0 Å². The van der Waals surface area contributed by atoms with Crippen LogP contribution >= 0.6 is 0 Å². The van der Waals surface area contributed by atoms with Gasteiger partial charge in [0.1, 0.15) is 11.6 Å². The molecule has 0 aliphatic rings. The molecule has 43 heavy (non-hydrogen) atoms. The number of rotatable bonds is 12. The number of carbonyl (C=O) groups excluding carboxylic acids is 2. The van der Waals surface area contributed by atoms with E-state index in [4.69, 9.17) is 0 Å². The molecule has 0 aliphatic carbocycles. The van der Waals surface area contributed by atoms with Crippen LogP contribution in [0.3, 0.4) is 0 Å². The van der Waals surface area contributed by atoms with Crippen molar-refractivity contribution in [3.05, 3.63) is 106 Å². The Balaban J connectivity index is 1.19. The van der Waals surface area contributed by atoms with Crippen LogP contribution in [0, 0.1) is 0 Å². The molecular formula is C29H27F3N6O5. The number of anilines is 2. The summed E-state index contributed by atoms with van der Waals surface area (Å²) in [6.07, 6.45) is -3.05. The van der Waals surface area contributed by atoms with Crippen LogP contribution in [0.4, 0.5) is 24.8 Å². The molecule has 2 aromatic carbocycles. The summed E-state index contributed by atoms with van der Waals surface area (Å²) in [7, 11) is 0. The van der Waals surface area contributed by atoms with Crippen molar-refractivity contribution in [2.24, 2.45) is 0 Å². The van der Waals surface area contributed by atoms with Crippen molar-refractivity contribution < 1.29 is 32.6 Å². The third-order valence-corrected chi connectivity index (χ3v) is 6.05.